The molecule has 0 aromatic heterocycles. The lowest BCUT2D eigenvalue weighted by Gasteiger charge is -2.23. The molecule has 0 aliphatic carbocycles. The molecule has 0 spiro atoms. The maximum Gasteiger partial charge on any atom is 0.253 e. The van der Waals surface area contributed by atoms with Gasteiger partial charge in [0.05, 0.1) is 5.70 Å². The van der Waals surface area contributed by atoms with Crippen molar-refractivity contribution in [2.24, 2.45) is 0 Å². The van der Waals surface area contributed by atoms with Crippen LogP contribution in [-0.4, -0.2) is 25.7 Å². The van der Waals surface area contributed by atoms with Crippen molar-refractivity contribution >= 4 is 17.3 Å². The third kappa shape index (κ3) is 4.84. The topological polar surface area (TPSA) is 68.8 Å². The molecule has 2 aromatic carbocycles. The Kier molecular flexibility index (Phi) is 5.90. The summed E-state index contributed by atoms with van der Waals surface area (Å²) in [7, 11) is 0. The highest BCUT2D eigenvalue weighted by molar-refractivity contribution is 5.92. The Morgan fingerprint density at radius 3 is 2.57 bits per heavy atom. The van der Waals surface area contributed by atoms with Crippen molar-refractivity contribution in [1.82, 2.24) is 5.48 Å². The number of nitrogens with one attached hydrogen (secondary N) is 2. The standard InChI is InChI=1S/C22H26N2O4/c1-15(16-9-10-19-20(13-16)27-12-11-26-19)24-28-14-21(25)23-18-8-6-5-7-17(18)22(2,3)4/h5-10,13,24H,1,11-12,14H2,2-4H3,(H,23,25). The number of anilines is 1. The van der Waals surface area contributed by atoms with E-state index in [1.807, 2.05) is 42.5 Å². The van der Waals surface area contributed by atoms with E-state index < -0.39 is 0 Å². The minimum absolute atomic E-state index is 0.0739. The third-order valence-electron chi connectivity index (χ3n) is 4.30. The van der Waals surface area contributed by atoms with Crippen LogP contribution in [0.1, 0.15) is 31.9 Å². The summed E-state index contributed by atoms with van der Waals surface area (Å²) in [6.07, 6.45) is 0. The Morgan fingerprint density at radius 2 is 1.82 bits per heavy atom. The van der Waals surface area contributed by atoms with Gasteiger partial charge in [-0.05, 0) is 35.2 Å². The minimum Gasteiger partial charge on any atom is -0.486 e. The average Bonchev–Trinajstić information content (AvgIpc) is 2.67. The first-order chi connectivity index (χ1) is 13.3. The number of carbonyl (C=O) groups excluding carboxylic acids is 1. The second-order valence-corrected chi connectivity index (χ2v) is 7.57. The molecule has 1 aliphatic rings. The van der Waals surface area contributed by atoms with Gasteiger partial charge >= 0.3 is 0 Å². The smallest absolute Gasteiger partial charge is 0.253 e. The molecular weight excluding hydrogens is 356 g/mol. The lowest BCUT2D eigenvalue weighted by atomic mass is 9.86. The number of amides is 1. The number of rotatable bonds is 6. The molecule has 2 N–H and O–H groups in total. The highest BCUT2D eigenvalue weighted by atomic mass is 16.6. The number of hydrogen-bond acceptors (Lipinski definition) is 5. The number of benzene rings is 2. The van der Waals surface area contributed by atoms with Crippen molar-refractivity contribution in [3.8, 4) is 11.5 Å². The summed E-state index contributed by atoms with van der Waals surface area (Å²) in [5.41, 5.74) is 5.82. The molecule has 0 saturated carbocycles. The van der Waals surface area contributed by atoms with Gasteiger partial charge in [-0.3, -0.25) is 15.1 Å². The van der Waals surface area contributed by atoms with Crippen molar-refractivity contribution in [3.05, 3.63) is 60.2 Å². The van der Waals surface area contributed by atoms with Crippen molar-refractivity contribution in [1.29, 1.82) is 0 Å². The molecule has 0 unspecified atom stereocenters. The average molecular weight is 382 g/mol. The summed E-state index contributed by atoms with van der Waals surface area (Å²) < 4.78 is 11.1. The van der Waals surface area contributed by atoms with Crippen LogP contribution < -0.4 is 20.3 Å². The molecule has 0 fully saturated rings. The van der Waals surface area contributed by atoms with Gasteiger partial charge in [-0.2, -0.15) is 0 Å². The first kappa shape index (κ1) is 19.8. The van der Waals surface area contributed by atoms with Crippen LogP contribution >= 0.6 is 0 Å². The molecular formula is C22H26N2O4. The fraction of sp³-hybridized carbons (Fsp3) is 0.318. The van der Waals surface area contributed by atoms with Crippen LogP contribution in [0, 0.1) is 0 Å². The van der Waals surface area contributed by atoms with Crippen LogP contribution in [0.4, 0.5) is 5.69 Å². The fourth-order valence-electron chi connectivity index (χ4n) is 2.91. The molecule has 0 atom stereocenters. The minimum atomic E-state index is -0.251. The fourth-order valence-corrected chi connectivity index (χ4v) is 2.91. The molecule has 6 nitrogen and oxygen atoms in total. The zero-order valence-corrected chi connectivity index (χ0v) is 16.5. The Balaban J connectivity index is 1.53. The predicted molar refractivity (Wildman–Crippen MR) is 109 cm³/mol. The van der Waals surface area contributed by atoms with E-state index in [9.17, 15) is 4.79 Å². The number of carbonyl (C=O) groups is 1. The zero-order valence-electron chi connectivity index (χ0n) is 16.5. The Bertz CT molecular complexity index is 871. The molecule has 2 aromatic rings. The van der Waals surface area contributed by atoms with E-state index >= 15 is 0 Å². The van der Waals surface area contributed by atoms with E-state index in [1.54, 1.807) is 0 Å². The van der Waals surface area contributed by atoms with Crippen LogP contribution in [-0.2, 0) is 15.0 Å². The summed E-state index contributed by atoms with van der Waals surface area (Å²) >= 11 is 0. The van der Waals surface area contributed by atoms with Crippen molar-refractivity contribution in [3.63, 3.8) is 0 Å². The third-order valence-corrected chi connectivity index (χ3v) is 4.30. The summed E-state index contributed by atoms with van der Waals surface area (Å²) in [6, 6.07) is 13.3. The van der Waals surface area contributed by atoms with Gasteiger partial charge in [0.2, 0.25) is 0 Å². The summed E-state index contributed by atoms with van der Waals surface area (Å²) in [6.45, 7) is 11.2. The van der Waals surface area contributed by atoms with Crippen LogP contribution in [0.5, 0.6) is 11.5 Å². The molecule has 0 radical (unpaired) electrons. The number of fused-ring (bicyclic) bond motifs is 1. The molecule has 1 heterocycles. The van der Waals surface area contributed by atoms with E-state index in [1.165, 1.54) is 0 Å². The van der Waals surface area contributed by atoms with Crippen LogP contribution in [0.3, 0.4) is 0 Å². The van der Waals surface area contributed by atoms with Crippen LogP contribution in [0.15, 0.2) is 49.0 Å². The van der Waals surface area contributed by atoms with Gasteiger partial charge in [-0.1, -0.05) is 45.5 Å². The maximum atomic E-state index is 12.3. The summed E-state index contributed by atoms with van der Waals surface area (Å²) in [5.74, 6) is 1.13. The molecule has 28 heavy (non-hydrogen) atoms. The highest BCUT2D eigenvalue weighted by Gasteiger charge is 2.18. The molecule has 0 saturated heterocycles. The summed E-state index contributed by atoms with van der Waals surface area (Å²) in [5, 5.41) is 2.90. The predicted octanol–water partition coefficient (Wildman–Crippen LogP) is 3.89. The van der Waals surface area contributed by atoms with Gasteiger partial charge in [0.1, 0.15) is 13.2 Å². The number of hydrogen-bond donors (Lipinski definition) is 2. The molecule has 1 aliphatic heterocycles. The summed E-state index contributed by atoms with van der Waals surface area (Å²) in [4.78, 5) is 17.6. The van der Waals surface area contributed by atoms with Crippen LogP contribution in [0.25, 0.3) is 5.70 Å². The largest absolute Gasteiger partial charge is 0.486 e. The second-order valence-electron chi connectivity index (χ2n) is 7.57. The van der Waals surface area contributed by atoms with E-state index in [4.69, 9.17) is 14.3 Å². The highest BCUT2D eigenvalue weighted by Crippen LogP contribution is 2.32. The SMILES string of the molecule is C=C(NOCC(=O)Nc1ccccc1C(C)(C)C)c1ccc2c(c1)OCCO2. The first-order valence-corrected chi connectivity index (χ1v) is 9.21. The number of ether oxygens (including phenoxy) is 2. The zero-order chi connectivity index (χ0) is 20.1. The van der Waals surface area contributed by atoms with E-state index in [-0.39, 0.29) is 17.9 Å². The monoisotopic (exact) mass is 382 g/mol. The molecule has 3 rings (SSSR count). The molecule has 148 valence electrons. The Morgan fingerprint density at radius 1 is 1.11 bits per heavy atom. The van der Waals surface area contributed by atoms with Crippen molar-refractivity contribution in [2.45, 2.75) is 26.2 Å². The van der Waals surface area contributed by atoms with E-state index in [0.717, 1.165) is 16.8 Å². The number of para-hydroxylation sites is 1. The van der Waals surface area contributed by atoms with Gasteiger partial charge in [-0.15, -0.1) is 0 Å². The lowest BCUT2D eigenvalue weighted by molar-refractivity contribution is -0.122. The molecule has 0 bridgehead atoms. The second kappa shape index (κ2) is 8.35. The van der Waals surface area contributed by atoms with Gasteiger partial charge in [0, 0.05) is 11.3 Å². The van der Waals surface area contributed by atoms with Crippen LogP contribution in [0.2, 0.25) is 0 Å². The Hall–Kier alpha value is -2.99. The van der Waals surface area contributed by atoms with Gasteiger partial charge in [0.25, 0.3) is 5.91 Å². The quantitative estimate of drug-likeness (QED) is 0.742. The van der Waals surface area contributed by atoms with E-state index in [0.29, 0.717) is 30.4 Å². The maximum absolute atomic E-state index is 12.3. The first-order valence-electron chi connectivity index (χ1n) is 9.21. The van der Waals surface area contributed by atoms with Gasteiger partial charge < -0.3 is 14.8 Å². The van der Waals surface area contributed by atoms with E-state index in [2.05, 4.69) is 38.1 Å². The lowest BCUT2D eigenvalue weighted by Crippen LogP contribution is -2.25. The molecule has 6 heteroatoms. The Labute approximate surface area is 165 Å². The van der Waals surface area contributed by atoms with Crippen molar-refractivity contribution < 1.29 is 19.1 Å². The van der Waals surface area contributed by atoms with Crippen molar-refractivity contribution in [2.75, 3.05) is 25.1 Å². The number of hydroxylamine groups is 1. The van der Waals surface area contributed by atoms with Gasteiger partial charge in [0.15, 0.2) is 18.1 Å². The van der Waals surface area contributed by atoms with Gasteiger partial charge in [-0.25, -0.2) is 0 Å². The molecule has 1 amide bonds. The normalized spacial score (nSPS) is 13.0.